The molecule has 1 heterocycles. The minimum atomic E-state index is -0.834. The summed E-state index contributed by atoms with van der Waals surface area (Å²) < 4.78 is 1.73. The van der Waals surface area contributed by atoms with Crippen molar-refractivity contribution in [2.45, 2.75) is 32.1 Å². The van der Waals surface area contributed by atoms with Crippen molar-refractivity contribution >= 4 is 11.7 Å². The Morgan fingerprint density at radius 1 is 1.60 bits per heavy atom. The summed E-state index contributed by atoms with van der Waals surface area (Å²) in [4.78, 5) is 12.4. The van der Waals surface area contributed by atoms with Crippen LogP contribution in [0.1, 0.15) is 31.4 Å². The van der Waals surface area contributed by atoms with E-state index < -0.39 is 5.41 Å². The number of nitrogens with one attached hydrogen (secondary N) is 1. The number of hydrogen-bond acceptors (Lipinski definition) is 4. The molecule has 0 aliphatic heterocycles. The highest BCUT2D eigenvalue weighted by molar-refractivity contribution is 6.07. The van der Waals surface area contributed by atoms with Crippen molar-refractivity contribution in [2.75, 3.05) is 6.54 Å². The van der Waals surface area contributed by atoms with Crippen LogP contribution in [0.5, 0.6) is 0 Å². The van der Waals surface area contributed by atoms with E-state index in [1.807, 2.05) is 19.3 Å². The van der Waals surface area contributed by atoms with Crippen molar-refractivity contribution < 1.29 is 10.0 Å². The monoisotopic (exact) mass is 279 g/mol. The van der Waals surface area contributed by atoms with Gasteiger partial charge in [0.1, 0.15) is 5.41 Å². The van der Waals surface area contributed by atoms with E-state index in [0.29, 0.717) is 25.8 Å². The van der Waals surface area contributed by atoms with Gasteiger partial charge in [-0.05, 0) is 18.9 Å². The number of carbonyl (C=O) groups excluding carboxylic acids is 1. The Labute approximate surface area is 117 Å². The standard InChI is InChI=1S/C13H21N5O2/c1-18-9-5-10(16-18)4-8-15-12(19)13(11(14)17-20)6-2-3-7-13/h5,9,20H,2-4,6-8H2,1H3,(H2,14,17)(H,15,19). The Hall–Kier alpha value is -2.05. The average molecular weight is 279 g/mol. The molecule has 0 aromatic carbocycles. The van der Waals surface area contributed by atoms with E-state index in [1.165, 1.54) is 0 Å². The number of hydrogen-bond donors (Lipinski definition) is 3. The Kier molecular flexibility index (Phi) is 4.26. The zero-order valence-corrected chi connectivity index (χ0v) is 11.7. The fourth-order valence-corrected chi connectivity index (χ4v) is 2.74. The van der Waals surface area contributed by atoms with Gasteiger partial charge in [-0.3, -0.25) is 9.48 Å². The molecule has 0 saturated heterocycles. The summed E-state index contributed by atoms with van der Waals surface area (Å²) in [5.74, 6) is -0.133. The van der Waals surface area contributed by atoms with E-state index in [-0.39, 0.29) is 11.7 Å². The zero-order valence-electron chi connectivity index (χ0n) is 11.7. The van der Waals surface area contributed by atoms with Gasteiger partial charge in [0.05, 0.1) is 5.69 Å². The van der Waals surface area contributed by atoms with E-state index in [9.17, 15) is 4.79 Å². The minimum Gasteiger partial charge on any atom is -0.409 e. The van der Waals surface area contributed by atoms with Crippen molar-refractivity contribution in [2.24, 2.45) is 23.4 Å². The van der Waals surface area contributed by atoms with Crippen LogP contribution in [-0.4, -0.2) is 33.3 Å². The van der Waals surface area contributed by atoms with Crippen molar-refractivity contribution in [1.82, 2.24) is 15.1 Å². The summed E-state index contributed by atoms with van der Waals surface area (Å²) >= 11 is 0. The molecular weight excluding hydrogens is 258 g/mol. The van der Waals surface area contributed by atoms with Crippen LogP contribution in [0.4, 0.5) is 0 Å². The minimum absolute atomic E-state index is 0.0188. The molecule has 1 fully saturated rings. The van der Waals surface area contributed by atoms with Gasteiger partial charge < -0.3 is 16.3 Å². The number of carbonyl (C=O) groups is 1. The fourth-order valence-electron chi connectivity index (χ4n) is 2.74. The molecule has 4 N–H and O–H groups in total. The van der Waals surface area contributed by atoms with Crippen molar-refractivity contribution in [3.05, 3.63) is 18.0 Å². The Morgan fingerprint density at radius 2 is 2.30 bits per heavy atom. The maximum atomic E-state index is 12.4. The maximum Gasteiger partial charge on any atom is 0.233 e. The molecule has 0 bridgehead atoms. The van der Waals surface area contributed by atoms with E-state index in [4.69, 9.17) is 10.9 Å². The largest absolute Gasteiger partial charge is 0.409 e. The summed E-state index contributed by atoms with van der Waals surface area (Å²) in [6.45, 7) is 0.496. The molecule has 7 heteroatoms. The van der Waals surface area contributed by atoms with Crippen LogP contribution in [-0.2, 0) is 18.3 Å². The molecule has 0 radical (unpaired) electrons. The van der Waals surface area contributed by atoms with Crippen LogP contribution < -0.4 is 11.1 Å². The normalized spacial score (nSPS) is 18.1. The Balaban J connectivity index is 1.93. The summed E-state index contributed by atoms with van der Waals surface area (Å²) in [6, 6.07) is 1.92. The lowest BCUT2D eigenvalue weighted by atomic mass is 9.84. The second-order valence-electron chi connectivity index (χ2n) is 5.26. The molecule has 1 aromatic rings. The predicted octanol–water partition coefficient (Wildman–Crippen LogP) is 0.386. The third-order valence-corrected chi connectivity index (χ3v) is 3.93. The number of nitrogens with zero attached hydrogens (tertiary/aromatic N) is 3. The lowest BCUT2D eigenvalue weighted by Crippen LogP contribution is -2.48. The second kappa shape index (κ2) is 5.94. The van der Waals surface area contributed by atoms with E-state index >= 15 is 0 Å². The molecule has 1 aliphatic carbocycles. The molecule has 1 aromatic heterocycles. The highest BCUT2D eigenvalue weighted by Gasteiger charge is 2.45. The number of aromatic nitrogens is 2. The van der Waals surface area contributed by atoms with Gasteiger partial charge in [-0.25, -0.2) is 0 Å². The van der Waals surface area contributed by atoms with Gasteiger partial charge in [-0.2, -0.15) is 5.10 Å². The van der Waals surface area contributed by atoms with Gasteiger partial charge >= 0.3 is 0 Å². The summed E-state index contributed by atoms with van der Waals surface area (Å²) in [5.41, 5.74) is 5.82. The van der Waals surface area contributed by atoms with Crippen LogP contribution in [0.3, 0.4) is 0 Å². The van der Waals surface area contributed by atoms with Crippen molar-refractivity contribution in [3.8, 4) is 0 Å². The van der Waals surface area contributed by atoms with Gasteiger partial charge in [0.2, 0.25) is 5.91 Å². The maximum absolute atomic E-state index is 12.4. The highest BCUT2D eigenvalue weighted by Crippen LogP contribution is 2.38. The van der Waals surface area contributed by atoms with Crippen LogP contribution in [0, 0.1) is 5.41 Å². The summed E-state index contributed by atoms with van der Waals surface area (Å²) in [6.07, 6.45) is 5.65. The predicted molar refractivity (Wildman–Crippen MR) is 74.2 cm³/mol. The van der Waals surface area contributed by atoms with Crippen molar-refractivity contribution in [3.63, 3.8) is 0 Å². The molecule has 1 aliphatic rings. The first kappa shape index (κ1) is 14.4. The number of nitrogens with two attached hydrogens (primary N) is 1. The van der Waals surface area contributed by atoms with Gasteiger partial charge in [0.15, 0.2) is 5.84 Å². The van der Waals surface area contributed by atoms with Crippen LogP contribution in [0.25, 0.3) is 0 Å². The molecule has 0 spiro atoms. The lowest BCUT2D eigenvalue weighted by molar-refractivity contribution is -0.127. The SMILES string of the molecule is Cn1ccc(CCNC(=O)C2(/C(N)=N/O)CCCC2)n1. The molecule has 1 saturated carbocycles. The highest BCUT2D eigenvalue weighted by atomic mass is 16.4. The third-order valence-electron chi connectivity index (χ3n) is 3.93. The van der Waals surface area contributed by atoms with Crippen molar-refractivity contribution in [1.29, 1.82) is 0 Å². The van der Waals surface area contributed by atoms with Gasteiger partial charge in [0.25, 0.3) is 0 Å². The summed E-state index contributed by atoms with van der Waals surface area (Å²) in [5, 5.41) is 19.1. The fraction of sp³-hybridized carbons (Fsp3) is 0.615. The number of aryl methyl sites for hydroxylation is 1. The quantitative estimate of drug-likeness (QED) is 0.314. The number of rotatable bonds is 5. The van der Waals surface area contributed by atoms with E-state index in [0.717, 1.165) is 18.5 Å². The molecule has 20 heavy (non-hydrogen) atoms. The first-order valence-corrected chi connectivity index (χ1v) is 6.83. The molecule has 7 nitrogen and oxygen atoms in total. The Bertz CT molecular complexity index is 503. The Morgan fingerprint density at radius 3 is 2.85 bits per heavy atom. The van der Waals surface area contributed by atoms with Gasteiger partial charge in [0, 0.05) is 26.2 Å². The zero-order chi connectivity index (χ0) is 14.6. The first-order chi connectivity index (χ1) is 9.58. The molecule has 0 atom stereocenters. The van der Waals surface area contributed by atoms with Crippen LogP contribution in [0.2, 0.25) is 0 Å². The molecule has 1 amide bonds. The first-order valence-electron chi connectivity index (χ1n) is 6.83. The molecule has 2 rings (SSSR count). The number of oxime groups is 1. The second-order valence-corrected chi connectivity index (χ2v) is 5.26. The van der Waals surface area contributed by atoms with Gasteiger partial charge in [-0.15, -0.1) is 0 Å². The molecule has 110 valence electrons. The van der Waals surface area contributed by atoms with E-state index in [2.05, 4.69) is 15.6 Å². The van der Waals surface area contributed by atoms with Gasteiger partial charge in [-0.1, -0.05) is 18.0 Å². The van der Waals surface area contributed by atoms with Crippen LogP contribution >= 0.6 is 0 Å². The van der Waals surface area contributed by atoms with Crippen LogP contribution in [0.15, 0.2) is 17.4 Å². The number of amidine groups is 1. The smallest absolute Gasteiger partial charge is 0.233 e. The topological polar surface area (TPSA) is 106 Å². The molecular formula is C13H21N5O2. The summed E-state index contributed by atoms with van der Waals surface area (Å²) in [7, 11) is 1.86. The average Bonchev–Trinajstić information content (AvgIpc) is 3.07. The molecule has 0 unspecified atom stereocenters. The lowest BCUT2D eigenvalue weighted by Gasteiger charge is -2.25. The van der Waals surface area contributed by atoms with E-state index in [1.54, 1.807) is 4.68 Å². The number of amides is 1. The third kappa shape index (κ3) is 2.76.